The molecule has 3 aromatic rings. The largest absolute Gasteiger partial charge is 0.383 e. The highest BCUT2D eigenvalue weighted by atomic mass is 14.9. The average Bonchev–Trinajstić information content (AvgIpc) is 3.14. The van der Waals surface area contributed by atoms with E-state index in [1.807, 2.05) is 42.5 Å². The van der Waals surface area contributed by atoms with Gasteiger partial charge in [0.05, 0.1) is 5.69 Å². The number of amidine groups is 1. The molecule has 0 atom stereocenters. The Bertz CT molecular complexity index is 998. The van der Waals surface area contributed by atoms with E-state index in [0.717, 1.165) is 24.1 Å². The molecule has 0 heterocycles. The molecule has 0 bridgehead atoms. The van der Waals surface area contributed by atoms with Crippen LogP contribution in [0.3, 0.4) is 0 Å². The minimum atomic E-state index is 0.608. The summed E-state index contributed by atoms with van der Waals surface area (Å²) in [6, 6.07) is 30.8. The van der Waals surface area contributed by atoms with E-state index in [2.05, 4.69) is 59.6 Å². The molecule has 27 heavy (non-hydrogen) atoms. The molecule has 0 saturated heterocycles. The quantitative estimate of drug-likeness (QED) is 0.454. The third-order valence-electron chi connectivity index (χ3n) is 4.79. The summed E-state index contributed by atoms with van der Waals surface area (Å²) in [7, 11) is 0. The highest BCUT2D eigenvalue weighted by molar-refractivity contribution is 6.10. The number of nitrogens with two attached hydrogens (primary N) is 1. The first kappa shape index (κ1) is 17.0. The molecule has 132 valence electrons. The van der Waals surface area contributed by atoms with Gasteiger partial charge in [-0.1, -0.05) is 84.9 Å². The zero-order chi connectivity index (χ0) is 18.5. The molecule has 0 spiro atoms. The predicted molar refractivity (Wildman–Crippen MR) is 115 cm³/mol. The van der Waals surface area contributed by atoms with Gasteiger partial charge in [0, 0.05) is 5.57 Å². The van der Waals surface area contributed by atoms with Crippen molar-refractivity contribution in [3.63, 3.8) is 0 Å². The first-order chi connectivity index (χ1) is 13.3. The van der Waals surface area contributed by atoms with E-state index >= 15 is 0 Å². The van der Waals surface area contributed by atoms with Gasteiger partial charge in [0.1, 0.15) is 5.84 Å². The first-order valence-electron chi connectivity index (χ1n) is 9.25. The lowest BCUT2D eigenvalue weighted by atomic mass is 9.96. The number of hydrogen-bond acceptors (Lipinski definition) is 1. The molecular formula is C25H22N2. The van der Waals surface area contributed by atoms with Crippen molar-refractivity contribution in [1.29, 1.82) is 0 Å². The number of rotatable bonds is 4. The van der Waals surface area contributed by atoms with Crippen LogP contribution in [0.15, 0.2) is 107 Å². The van der Waals surface area contributed by atoms with Crippen LogP contribution < -0.4 is 5.73 Å². The van der Waals surface area contributed by atoms with Crippen molar-refractivity contribution in [1.82, 2.24) is 0 Å². The minimum absolute atomic E-state index is 0.608. The van der Waals surface area contributed by atoms with Crippen molar-refractivity contribution in [2.45, 2.75) is 12.8 Å². The molecular weight excluding hydrogens is 328 g/mol. The Labute approximate surface area is 160 Å². The van der Waals surface area contributed by atoms with Gasteiger partial charge in [-0.25, -0.2) is 4.99 Å². The van der Waals surface area contributed by atoms with Crippen LogP contribution in [0, 0.1) is 0 Å². The van der Waals surface area contributed by atoms with Gasteiger partial charge in [0.25, 0.3) is 0 Å². The Hall–Kier alpha value is -3.39. The summed E-state index contributed by atoms with van der Waals surface area (Å²) in [6.45, 7) is 0. The second-order valence-electron chi connectivity index (χ2n) is 6.63. The Morgan fingerprint density at radius 3 is 2.00 bits per heavy atom. The van der Waals surface area contributed by atoms with Crippen LogP contribution in [-0.2, 0) is 0 Å². The van der Waals surface area contributed by atoms with Crippen molar-refractivity contribution in [3.8, 4) is 0 Å². The molecule has 1 aliphatic rings. The fourth-order valence-corrected chi connectivity index (χ4v) is 3.53. The second-order valence-corrected chi connectivity index (χ2v) is 6.63. The number of nitrogens with zero attached hydrogens (tertiary/aromatic N) is 1. The molecule has 0 fully saturated rings. The van der Waals surface area contributed by atoms with Crippen molar-refractivity contribution < 1.29 is 0 Å². The molecule has 0 aliphatic heterocycles. The van der Waals surface area contributed by atoms with Gasteiger partial charge < -0.3 is 5.73 Å². The van der Waals surface area contributed by atoms with Crippen molar-refractivity contribution >= 4 is 23.2 Å². The van der Waals surface area contributed by atoms with Crippen molar-refractivity contribution in [2.24, 2.45) is 10.7 Å². The molecule has 4 rings (SSSR count). The van der Waals surface area contributed by atoms with Gasteiger partial charge in [-0.3, -0.25) is 0 Å². The number of allylic oxidation sites excluding steroid dienone is 2. The van der Waals surface area contributed by atoms with Crippen molar-refractivity contribution in [3.05, 3.63) is 113 Å². The predicted octanol–water partition coefficient (Wildman–Crippen LogP) is 6.01. The fraction of sp³-hybridized carbons (Fsp3) is 0.0800. The monoisotopic (exact) mass is 350 g/mol. The standard InChI is InChI=1S/C25H22N2/c26-25(27-22-14-8-3-9-15-22)23-17-16-21(18-19-10-4-1-5-11-19)24(23)20-12-6-2-7-13-20/h1-15,18H,16-17H2,(H2,26,27)/b21-18+. The summed E-state index contributed by atoms with van der Waals surface area (Å²) in [5.74, 6) is 0.608. The lowest BCUT2D eigenvalue weighted by molar-refractivity contribution is 1.04. The number of benzene rings is 3. The molecule has 0 amide bonds. The zero-order valence-corrected chi connectivity index (χ0v) is 15.2. The van der Waals surface area contributed by atoms with E-state index in [4.69, 9.17) is 5.73 Å². The summed E-state index contributed by atoms with van der Waals surface area (Å²) in [4.78, 5) is 4.67. The van der Waals surface area contributed by atoms with Gasteiger partial charge in [-0.2, -0.15) is 0 Å². The first-order valence-corrected chi connectivity index (χ1v) is 9.25. The number of para-hydroxylation sites is 1. The van der Waals surface area contributed by atoms with E-state index in [9.17, 15) is 0 Å². The molecule has 2 heteroatoms. The highest BCUT2D eigenvalue weighted by Gasteiger charge is 2.23. The maximum absolute atomic E-state index is 6.46. The van der Waals surface area contributed by atoms with E-state index < -0.39 is 0 Å². The van der Waals surface area contributed by atoms with Crippen LogP contribution in [0.1, 0.15) is 24.0 Å². The zero-order valence-electron chi connectivity index (χ0n) is 15.2. The van der Waals surface area contributed by atoms with Crippen molar-refractivity contribution in [2.75, 3.05) is 0 Å². The maximum Gasteiger partial charge on any atom is 0.127 e. The average molecular weight is 350 g/mol. The fourth-order valence-electron chi connectivity index (χ4n) is 3.53. The third-order valence-corrected chi connectivity index (χ3v) is 4.79. The molecule has 3 aromatic carbocycles. The SMILES string of the molecule is NC(=Nc1ccccc1)C1=C(c2ccccc2)/C(=C/c2ccccc2)CC1. The van der Waals surface area contributed by atoms with E-state index in [0.29, 0.717) is 5.84 Å². The Kier molecular flexibility index (Phi) is 4.97. The molecule has 0 radical (unpaired) electrons. The molecule has 0 aromatic heterocycles. The lowest BCUT2D eigenvalue weighted by Crippen LogP contribution is -2.14. The molecule has 2 N–H and O–H groups in total. The van der Waals surface area contributed by atoms with Gasteiger partial charge >= 0.3 is 0 Å². The molecule has 0 saturated carbocycles. The Morgan fingerprint density at radius 2 is 1.33 bits per heavy atom. The van der Waals surface area contributed by atoms with E-state index in [1.54, 1.807) is 0 Å². The van der Waals surface area contributed by atoms with Gasteiger partial charge in [0.2, 0.25) is 0 Å². The number of aliphatic imine (C=N–C) groups is 1. The number of hydrogen-bond donors (Lipinski definition) is 1. The van der Waals surface area contributed by atoms with Gasteiger partial charge in [-0.05, 0) is 47.2 Å². The van der Waals surface area contributed by atoms with Crippen LogP contribution >= 0.6 is 0 Å². The Balaban J connectivity index is 1.82. The Morgan fingerprint density at radius 1 is 0.741 bits per heavy atom. The topological polar surface area (TPSA) is 38.4 Å². The van der Waals surface area contributed by atoms with Crippen LogP contribution in [0.4, 0.5) is 5.69 Å². The van der Waals surface area contributed by atoms with Gasteiger partial charge in [-0.15, -0.1) is 0 Å². The van der Waals surface area contributed by atoms with E-state index in [-0.39, 0.29) is 0 Å². The third kappa shape index (κ3) is 3.90. The lowest BCUT2D eigenvalue weighted by Gasteiger charge is -2.10. The molecule has 2 nitrogen and oxygen atoms in total. The van der Waals surface area contributed by atoms with Gasteiger partial charge in [0.15, 0.2) is 0 Å². The molecule has 1 aliphatic carbocycles. The van der Waals surface area contributed by atoms with Crippen LogP contribution in [-0.4, -0.2) is 5.84 Å². The summed E-state index contributed by atoms with van der Waals surface area (Å²) in [6.07, 6.45) is 4.15. The van der Waals surface area contributed by atoms with Crippen LogP contribution in [0.2, 0.25) is 0 Å². The molecule has 0 unspecified atom stereocenters. The summed E-state index contributed by atoms with van der Waals surface area (Å²) in [5, 5.41) is 0. The second kappa shape index (κ2) is 7.88. The maximum atomic E-state index is 6.46. The van der Waals surface area contributed by atoms with Crippen LogP contribution in [0.25, 0.3) is 11.6 Å². The smallest absolute Gasteiger partial charge is 0.127 e. The van der Waals surface area contributed by atoms with Crippen LogP contribution in [0.5, 0.6) is 0 Å². The summed E-state index contributed by atoms with van der Waals surface area (Å²) >= 11 is 0. The minimum Gasteiger partial charge on any atom is -0.383 e. The normalized spacial score (nSPS) is 16.1. The highest BCUT2D eigenvalue weighted by Crippen LogP contribution is 2.40. The summed E-state index contributed by atoms with van der Waals surface area (Å²) < 4.78 is 0. The summed E-state index contributed by atoms with van der Waals surface area (Å²) in [5.41, 5.74) is 13.4. The van der Waals surface area contributed by atoms with E-state index in [1.165, 1.54) is 22.3 Å².